The Balaban J connectivity index is 2.93. The minimum atomic E-state index is -0.259. The van der Waals surface area contributed by atoms with Crippen molar-refractivity contribution < 1.29 is 9.90 Å². The molecule has 0 spiro atoms. The molecular formula is C11H17N3O2. The van der Waals surface area contributed by atoms with E-state index in [1.807, 2.05) is 6.92 Å². The number of aliphatic hydroxyl groups excluding tert-OH is 1. The normalized spacial score (nSPS) is 12.2. The molecule has 0 aromatic carbocycles. The lowest BCUT2D eigenvalue weighted by molar-refractivity contribution is 0.0920. The third-order valence-corrected chi connectivity index (χ3v) is 2.22. The maximum Gasteiger partial charge on any atom is 0.253 e. The van der Waals surface area contributed by atoms with Gasteiger partial charge in [0.25, 0.3) is 5.91 Å². The van der Waals surface area contributed by atoms with Crippen LogP contribution in [0, 0.1) is 6.92 Å². The smallest absolute Gasteiger partial charge is 0.253 e. The Hall–Kier alpha value is -1.49. The summed E-state index contributed by atoms with van der Waals surface area (Å²) in [6.45, 7) is 5.37. The summed E-state index contributed by atoms with van der Waals surface area (Å²) in [6, 6.07) is 1.45. The molecule has 1 rings (SSSR count). The largest absolute Gasteiger partial charge is 0.394 e. The average Bonchev–Trinajstić information content (AvgIpc) is 2.28. The molecule has 0 aliphatic carbocycles. The van der Waals surface area contributed by atoms with Gasteiger partial charge in [-0.1, -0.05) is 6.92 Å². The minimum absolute atomic E-state index is 0.0787. The second-order valence-corrected chi connectivity index (χ2v) is 3.76. The molecule has 5 nitrogen and oxygen atoms in total. The molecule has 0 saturated heterocycles. The van der Waals surface area contributed by atoms with E-state index in [0.717, 1.165) is 0 Å². The van der Waals surface area contributed by atoms with Crippen LogP contribution in [0.3, 0.4) is 0 Å². The van der Waals surface area contributed by atoms with E-state index >= 15 is 0 Å². The Morgan fingerprint density at radius 1 is 1.56 bits per heavy atom. The van der Waals surface area contributed by atoms with Gasteiger partial charge >= 0.3 is 0 Å². The van der Waals surface area contributed by atoms with Crippen molar-refractivity contribution in [2.75, 3.05) is 6.61 Å². The first kappa shape index (κ1) is 12.6. The molecule has 0 aliphatic heterocycles. The fraction of sp³-hybridized carbons (Fsp3) is 0.545. The number of carbonyl (C=O) groups excluding carboxylic acids is 1. The highest BCUT2D eigenvalue weighted by Gasteiger charge is 2.14. The highest BCUT2D eigenvalue weighted by atomic mass is 16.3. The van der Waals surface area contributed by atoms with E-state index in [9.17, 15) is 4.79 Å². The zero-order chi connectivity index (χ0) is 12.1. The van der Waals surface area contributed by atoms with Crippen molar-refractivity contribution in [2.45, 2.75) is 33.2 Å². The molecule has 0 radical (unpaired) electrons. The van der Waals surface area contributed by atoms with Crippen LogP contribution >= 0.6 is 0 Å². The second kappa shape index (κ2) is 5.55. The molecule has 0 unspecified atom stereocenters. The molecule has 2 N–H and O–H groups in total. The lowest BCUT2D eigenvalue weighted by Crippen LogP contribution is -2.35. The van der Waals surface area contributed by atoms with E-state index < -0.39 is 0 Å². The lowest BCUT2D eigenvalue weighted by Gasteiger charge is -2.12. The summed E-state index contributed by atoms with van der Waals surface area (Å²) in [7, 11) is 0. The van der Waals surface area contributed by atoms with Gasteiger partial charge in [0, 0.05) is 6.04 Å². The first-order valence-corrected chi connectivity index (χ1v) is 5.33. The maximum absolute atomic E-state index is 11.9. The van der Waals surface area contributed by atoms with Gasteiger partial charge in [-0.25, -0.2) is 0 Å². The fourth-order valence-corrected chi connectivity index (χ4v) is 1.32. The first-order valence-electron chi connectivity index (χ1n) is 5.33. The quantitative estimate of drug-likeness (QED) is 0.777. The van der Waals surface area contributed by atoms with Crippen LogP contribution in [-0.2, 0) is 6.42 Å². The van der Waals surface area contributed by atoms with Gasteiger partial charge in [0.2, 0.25) is 0 Å². The van der Waals surface area contributed by atoms with Crippen LogP contribution in [0.15, 0.2) is 6.07 Å². The van der Waals surface area contributed by atoms with Crippen LogP contribution in [0.25, 0.3) is 0 Å². The zero-order valence-corrected chi connectivity index (χ0v) is 9.82. The van der Waals surface area contributed by atoms with Crippen molar-refractivity contribution in [2.24, 2.45) is 0 Å². The molecule has 1 amide bonds. The Morgan fingerprint density at radius 3 is 2.81 bits per heavy atom. The fourth-order valence-electron chi connectivity index (χ4n) is 1.32. The van der Waals surface area contributed by atoms with Gasteiger partial charge in [-0.3, -0.25) is 4.79 Å². The van der Waals surface area contributed by atoms with Gasteiger partial charge in [-0.15, -0.1) is 0 Å². The number of carbonyl (C=O) groups is 1. The van der Waals surface area contributed by atoms with E-state index in [0.29, 0.717) is 23.4 Å². The SMILES string of the molecule is CCc1nnc(C)cc1C(=O)N[C@@H](C)CO. The van der Waals surface area contributed by atoms with Gasteiger partial charge in [0.1, 0.15) is 0 Å². The molecule has 1 aromatic rings. The summed E-state index contributed by atoms with van der Waals surface area (Å²) in [4.78, 5) is 11.9. The number of aryl methyl sites for hydroxylation is 2. The summed E-state index contributed by atoms with van der Waals surface area (Å²) in [5.74, 6) is -0.212. The summed E-state index contributed by atoms with van der Waals surface area (Å²) >= 11 is 0. The van der Waals surface area contributed by atoms with Crippen LogP contribution in [0.5, 0.6) is 0 Å². The number of rotatable bonds is 4. The molecule has 16 heavy (non-hydrogen) atoms. The Labute approximate surface area is 94.9 Å². The minimum Gasteiger partial charge on any atom is -0.394 e. The lowest BCUT2D eigenvalue weighted by atomic mass is 10.1. The van der Waals surface area contributed by atoms with E-state index in [2.05, 4.69) is 15.5 Å². The molecule has 5 heteroatoms. The van der Waals surface area contributed by atoms with Gasteiger partial charge in [-0.2, -0.15) is 10.2 Å². The van der Waals surface area contributed by atoms with Gasteiger partial charge in [0.15, 0.2) is 0 Å². The van der Waals surface area contributed by atoms with Crippen molar-refractivity contribution in [1.82, 2.24) is 15.5 Å². The van der Waals surface area contributed by atoms with Crippen LogP contribution in [0.4, 0.5) is 0 Å². The number of nitrogens with one attached hydrogen (secondary N) is 1. The Kier molecular flexibility index (Phi) is 4.37. The van der Waals surface area contributed by atoms with Crippen LogP contribution in [0.2, 0.25) is 0 Å². The van der Waals surface area contributed by atoms with E-state index in [-0.39, 0.29) is 18.6 Å². The number of nitrogens with zero attached hydrogens (tertiary/aromatic N) is 2. The Morgan fingerprint density at radius 2 is 2.25 bits per heavy atom. The summed E-state index contributed by atoms with van der Waals surface area (Å²) in [5.41, 5.74) is 1.92. The summed E-state index contributed by atoms with van der Waals surface area (Å²) in [5, 5.41) is 19.5. The molecule has 88 valence electrons. The highest BCUT2D eigenvalue weighted by molar-refractivity contribution is 5.95. The monoisotopic (exact) mass is 223 g/mol. The van der Waals surface area contributed by atoms with Crippen LogP contribution in [0.1, 0.15) is 35.6 Å². The van der Waals surface area contributed by atoms with Crippen LogP contribution in [-0.4, -0.2) is 33.9 Å². The number of aliphatic hydroxyl groups is 1. The van der Waals surface area contributed by atoms with E-state index in [1.54, 1.807) is 19.9 Å². The van der Waals surface area contributed by atoms with Crippen molar-refractivity contribution in [3.63, 3.8) is 0 Å². The highest BCUT2D eigenvalue weighted by Crippen LogP contribution is 2.07. The molecule has 0 fully saturated rings. The molecule has 1 atom stereocenters. The van der Waals surface area contributed by atoms with Crippen molar-refractivity contribution >= 4 is 5.91 Å². The van der Waals surface area contributed by atoms with Gasteiger partial charge < -0.3 is 10.4 Å². The zero-order valence-electron chi connectivity index (χ0n) is 9.82. The van der Waals surface area contributed by atoms with Gasteiger partial charge in [0.05, 0.1) is 23.6 Å². The molecule has 0 saturated carbocycles. The number of aromatic nitrogens is 2. The third-order valence-electron chi connectivity index (χ3n) is 2.22. The third kappa shape index (κ3) is 3.00. The number of amides is 1. The van der Waals surface area contributed by atoms with Gasteiger partial charge in [-0.05, 0) is 26.3 Å². The summed E-state index contributed by atoms with van der Waals surface area (Å²) in [6.07, 6.45) is 0.656. The molecule has 1 heterocycles. The molecule has 0 bridgehead atoms. The molecule has 1 aromatic heterocycles. The number of hydrogen-bond donors (Lipinski definition) is 2. The number of hydrogen-bond acceptors (Lipinski definition) is 4. The van der Waals surface area contributed by atoms with Crippen molar-refractivity contribution in [3.05, 3.63) is 23.0 Å². The molecular weight excluding hydrogens is 206 g/mol. The average molecular weight is 223 g/mol. The summed E-state index contributed by atoms with van der Waals surface area (Å²) < 4.78 is 0. The van der Waals surface area contributed by atoms with E-state index in [1.165, 1.54) is 0 Å². The second-order valence-electron chi connectivity index (χ2n) is 3.76. The Bertz CT molecular complexity index is 379. The maximum atomic E-state index is 11.9. The van der Waals surface area contributed by atoms with Crippen molar-refractivity contribution in [3.8, 4) is 0 Å². The van der Waals surface area contributed by atoms with E-state index in [4.69, 9.17) is 5.11 Å². The molecule has 0 aliphatic rings. The topological polar surface area (TPSA) is 75.1 Å². The predicted molar refractivity (Wildman–Crippen MR) is 60.2 cm³/mol. The predicted octanol–water partition coefficient (Wildman–Crippen LogP) is 0.458. The van der Waals surface area contributed by atoms with Crippen molar-refractivity contribution in [1.29, 1.82) is 0 Å². The standard InChI is InChI=1S/C11H17N3O2/c1-4-10-9(5-7(2)13-14-10)11(16)12-8(3)6-15/h5,8,15H,4,6H2,1-3H3,(H,12,16)/t8-/m0/s1. The van der Waals surface area contributed by atoms with Crippen LogP contribution < -0.4 is 5.32 Å². The first-order chi connectivity index (χ1) is 7.58.